The first-order valence-electron chi connectivity index (χ1n) is 10.2. The van der Waals surface area contributed by atoms with E-state index in [4.69, 9.17) is 10.1 Å². The van der Waals surface area contributed by atoms with Crippen molar-refractivity contribution in [2.24, 2.45) is 5.92 Å². The molecule has 5 rings (SSSR count). The minimum Gasteiger partial charge on any atom is -0.494 e. The average Bonchev–Trinajstić information content (AvgIpc) is 3.41. The molecule has 0 saturated carbocycles. The Hall–Kier alpha value is -3.18. The number of aromatic nitrogens is 1. The molecule has 2 aromatic heterocycles. The lowest BCUT2D eigenvalue weighted by Crippen LogP contribution is -2.35. The van der Waals surface area contributed by atoms with Crippen molar-refractivity contribution in [2.45, 2.75) is 23.4 Å². The Balaban J connectivity index is 1.58. The normalized spacial score (nSPS) is 19.9. The van der Waals surface area contributed by atoms with Crippen molar-refractivity contribution >= 4 is 46.3 Å². The van der Waals surface area contributed by atoms with E-state index < -0.39 is 46.0 Å². The third-order valence-corrected chi connectivity index (χ3v) is 7.68. The van der Waals surface area contributed by atoms with E-state index in [0.717, 1.165) is 22.7 Å². The summed E-state index contributed by atoms with van der Waals surface area (Å²) in [5.74, 6) is -2.08. The van der Waals surface area contributed by atoms with Crippen LogP contribution in [0.5, 0.6) is 5.75 Å². The maximum Gasteiger partial charge on any atom is 0.417 e. The molecule has 0 spiro atoms. The molecule has 0 radical (unpaired) electrons. The number of benzene rings is 1. The van der Waals surface area contributed by atoms with Gasteiger partial charge in [0.2, 0.25) is 11.8 Å². The summed E-state index contributed by atoms with van der Waals surface area (Å²) in [6.45, 7) is 2.26. The molecule has 2 aliphatic heterocycles. The molecule has 0 bridgehead atoms. The summed E-state index contributed by atoms with van der Waals surface area (Å²) in [5.41, 5.74) is -1.62. The third-order valence-electron chi connectivity index (χ3n) is 5.54. The number of thioether (sulfide) groups is 1. The highest BCUT2D eigenvalue weighted by molar-refractivity contribution is 8.00. The Bertz CT molecular complexity index is 1310. The number of ether oxygens (including phenoxy) is 1. The summed E-state index contributed by atoms with van der Waals surface area (Å²) in [4.78, 5) is 32.3. The SMILES string of the molecule is CCOc1ccc(N2C(=O)[C@H]3C(=N)c4c(C(F)(F)F)cc(-c5cccs5)nc4S[C@H]3C2=O)cc1. The Morgan fingerprint density at radius 1 is 1.15 bits per heavy atom. The topological polar surface area (TPSA) is 83.3 Å². The minimum atomic E-state index is -4.76. The van der Waals surface area contributed by atoms with Gasteiger partial charge in [0.25, 0.3) is 0 Å². The number of carbonyl (C=O) groups is 2. The van der Waals surface area contributed by atoms with Gasteiger partial charge in [0.05, 0.1) is 34.1 Å². The number of amides is 2. The van der Waals surface area contributed by atoms with Gasteiger partial charge >= 0.3 is 6.18 Å². The number of nitrogens with zero attached hydrogens (tertiary/aromatic N) is 2. The van der Waals surface area contributed by atoms with Crippen LogP contribution in [0.25, 0.3) is 10.6 Å². The van der Waals surface area contributed by atoms with Gasteiger partial charge in [0, 0.05) is 5.56 Å². The van der Waals surface area contributed by atoms with Crippen LogP contribution in [0.15, 0.2) is 52.9 Å². The summed E-state index contributed by atoms with van der Waals surface area (Å²) in [5, 5.41) is 9.15. The zero-order chi connectivity index (χ0) is 24.2. The smallest absolute Gasteiger partial charge is 0.417 e. The fourth-order valence-corrected chi connectivity index (χ4v) is 6.08. The summed E-state index contributed by atoms with van der Waals surface area (Å²) >= 11 is 2.05. The molecule has 2 amide bonds. The van der Waals surface area contributed by atoms with Gasteiger partial charge in [-0.2, -0.15) is 13.2 Å². The van der Waals surface area contributed by atoms with E-state index in [1.807, 2.05) is 6.92 Å². The molecule has 0 aliphatic carbocycles. The van der Waals surface area contributed by atoms with Gasteiger partial charge in [0.15, 0.2) is 0 Å². The molecule has 174 valence electrons. The van der Waals surface area contributed by atoms with E-state index in [-0.39, 0.29) is 16.4 Å². The predicted molar refractivity (Wildman–Crippen MR) is 123 cm³/mol. The van der Waals surface area contributed by atoms with Crippen LogP contribution in [0.2, 0.25) is 0 Å². The second kappa shape index (κ2) is 8.24. The number of alkyl halides is 3. The first-order valence-corrected chi connectivity index (χ1v) is 12.0. The van der Waals surface area contributed by atoms with Crippen molar-refractivity contribution < 1.29 is 27.5 Å². The zero-order valence-electron chi connectivity index (χ0n) is 17.6. The summed E-state index contributed by atoms with van der Waals surface area (Å²) < 4.78 is 47.5. The third kappa shape index (κ3) is 3.59. The first-order chi connectivity index (χ1) is 16.2. The highest BCUT2D eigenvalue weighted by Crippen LogP contribution is 2.48. The van der Waals surface area contributed by atoms with Crippen LogP contribution in [-0.2, 0) is 15.8 Å². The first kappa shape index (κ1) is 22.6. The molecule has 1 N–H and O–H groups in total. The largest absolute Gasteiger partial charge is 0.494 e. The Labute approximate surface area is 200 Å². The summed E-state index contributed by atoms with van der Waals surface area (Å²) in [6, 6.07) is 10.5. The molecular weight excluding hydrogens is 487 g/mol. The van der Waals surface area contributed by atoms with E-state index in [9.17, 15) is 22.8 Å². The van der Waals surface area contributed by atoms with Gasteiger partial charge in [-0.1, -0.05) is 17.8 Å². The molecule has 6 nitrogen and oxygen atoms in total. The van der Waals surface area contributed by atoms with Gasteiger partial charge < -0.3 is 10.1 Å². The van der Waals surface area contributed by atoms with Crippen molar-refractivity contribution in [3.63, 3.8) is 0 Å². The van der Waals surface area contributed by atoms with Gasteiger partial charge in [-0.25, -0.2) is 9.88 Å². The van der Waals surface area contributed by atoms with Gasteiger partial charge in [0.1, 0.15) is 21.9 Å². The maximum absolute atomic E-state index is 14.0. The van der Waals surface area contributed by atoms with Crippen molar-refractivity contribution in [3.05, 3.63) is 59.0 Å². The van der Waals surface area contributed by atoms with Gasteiger partial charge in [-0.3, -0.25) is 9.59 Å². The number of fused-ring (bicyclic) bond motifs is 2. The van der Waals surface area contributed by atoms with Crippen LogP contribution < -0.4 is 9.64 Å². The quantitative estimate of drug-likeness (QED) is 0.491. The number of rotatable bonds is 4. The molecule has 1 saturated heterocycles. The lowest BCUT2D eigenvalue weighted by atomic mass is 9.91. The van der Waals surface area contributed by atoms with Crippen molar-refractivity contribution in [1.29, 1.82) is 5.41 Å². The van der Waals surface area contributed by atoms with Crippen molar-refractivity contribution in [3.8, 4) is 16.3 Å². The van der Waals surface area contributed by atoms with Crippen LogP contribution in [-0.4, -0.2) is 34.4 Å². The number of hydrogen-bond donors (Lipinski definition) is 1. The molecule has 2 atom stereocenters. The van der Waals surface area contributed by atoms with E-state index in [1.165, 1.54) is 23.5 Å². The monoisotopic (exact) mass is 503 g/mol. The fourth-order valence-electron chi connectivity index (χ4n) is 4.07. The number of carbonyl (C=O) groups excluding carboxylic acids is 2. The highest BCUT2D eigenvalue weighted by Gasteiger charge is 2.55. The highest BCUT2D eigenvalue weighted by atomic mass is 32.2. The van der Waals surface area contributed by atoms with E-state index in [0.29, 0.717) is 17.2 Å². The maximum atomic E-state index is 14.0. The molecular formula is C23H16F3N3O3S2. The van der Waals surface area contributed by atoms with Crippen LogP contribution >= 0.6 is 23.1 Å². The van der Waals surface area contributed by atoms with Crippen molar-refractivity contribution in [1.82, 2.24) is 4.98 Å². The minimum absolute atomic E-state index is 0.0702. The number of halogens is 3. The molecule has 2 aliphatic rings. The number of hydrogen-bond acceptors (Lipinski definition) is 7. The molecule has 0 unspecified atom stereocenters. The molecule has 4 heterocycles. The average molecular weight is 504 g/mol. The number of thiophene rings is 1. The van der Waals surface area contributed by atoms with Crippen LogP contribution in [0.1, 0.15) is 18.1 Å². The van der Waals surface area contributed by atoms with Crippen LogP contribution in [0.4, 0.5) is 18.9 Å². The standard InChI is InChI=1S/C23H16F3N3O3S2/c1-2-32-12-7-5-11(6-8-12)29-21(30)17-18(27)16-13(23(24,25)26)10-14(15-4-3-9-33-15)28-20(16)34-19(17)22(29)31/h3-10,17,19,27H,2H2,1H3/t17-,19+/m0/s1. The molecule has 34 heavy (non-hydrogen) atoms. The Kier molecular flexibility index (Phi) is 5.48. The van der Waals surface area contributed by atoms with Gasteiger partial charge in [-0.05, 0) is 48.7 Å². The van der Waals surface area contributed by atoms with E-state index in [2.05, 4.69) is 4.98 Å². The zero-order valence-corrected chi connectivity index (χ0v) is 19.2. The fraction of sp³-hybridized carbons (Fsp3) is 0.217. The second-order valence-electron chi connectivity index (χ2n) is 7.58. The van der Waals surface area contributed by atoms with E-state index >= 15 is 0 Å². The second-order valence-corrected chi connectivity index (χ2v) is 9.66. The predicted octanol–water partition coefficient (Wildman–Crippen LogP) is 5.26. The number of pyridine rings is 1. The van der Waals surface area contributed by atoms with Crippen molar-refractivity contribution in [2.75, 3.05) is 11.5 Å². The van der Waals surface area contributed by atoms with Crippen LogP contribution in [0.3, 0.4) is 0 Å². The molecule has 3 aromatic rings. The molecule has 1 aromatic carbocycles. The molecule has 1 fully saturated rings. The molecule has 11 heteroatoms. The number of imide groups is 1. The lowest BCUT2D eigenvalue weighted by molar-refractivity contribution is -0.138. The summed E-state index contributed by atoms with van der Waals surface area (Å²) in [7, 11) is 0. The Morgan fingerprint density at radius 3 is 2.50 bits per heavy atom. The van der Waals surface area contributed by atoms with Crippen LogP contribution in [0, 0.1) is 11.3 Å². The van der Waals surface area contributed by atoms with Gasteiger partial charge in [-0.15, -0.1) is 11.3 Å². The Morgan fingerprint density at radius 2 is 1.88 bits per heavy atom. The number of nitrogens with one attached hydrogen (secondary N) is 1. The lowest BCUT2D eigenvalue weighted by Gasteiger charge is -2.27. The van der Waals surface area contributed by atoms with E-state index in [1.54, 1.807) is 29.6 Å². The summed E-state index contributed by atoms with van der Waals surface area (Å²) in [6.07, 6.45) is -4.76. The number of anilines is 1.